The summed E-state index contributed by atoms with van der Waals surface area (Å²) in [7, 11) is 3.54. The van der Waals surface area contributed by atoms with Gasteiger partial charge in [0.25, 0.3) is 0 Å². The predicted octanol–water partition coefficient (Wildman–Crippen LogP) is 0.858. The average Bonchev–Trinajstić information content (AvgIpc) is 3.03. The SMILES string of the molecule is CN(C)C(=O)N1CCN(C(=O)C2CC3CC3C2)CC1. The largest absolute Gasteiger partial charge is 0.339 e. The maximum absolute atomic E-state index is 12.4. The van der Waals surface area contributed by atoms with Crippen LogP contribution in [-0.4, -0.2) is 66.9 Å². The highest BCUT2D eigenvalue weighted by Crippen LogP contribution is 2.54. The van der Waals surface area contributed by atoms with Crippen molar-refractivity contribution >= 4 is 11.9 Å². The Kier molecular flexibility index (Phi) is 3.15. The van der Waals surface area contributed by atoms with Crippen molar-refractivity contribution in [3.05, 3.63) is 0 Å². The first-order chi connectivity index (χ1) is 9.06. The Labute approximate surface area is 114 Å². The third kappa shape index (κ3) is 2.42. The summed E-state index contributed by atoms with van der Waals surface area (Å²) in [4.78, 5) is 29.6. The molecule has 2 saturated carbocycles. The minimum Gasteiger partial charge on any atom is -0.339 e. The van der Waals surface area contributed by atoms with Crippen molar-refractivity contribution in [3.8, 4) is 0 Å². The number of carbonyl (C=O) groups is 2. The van der Waals surface area contributed by atoms with Gasteiger partial charge in [0, 0.05) is 46.2 Å². The molecule has 0 bridgehead atoms. The van der Waals surface area contributed by atoms with Gasteiger partial charge in [0.1, 0.15) is 0 Å². The van der Waals surface area contributed by atoms with E-state index in [2.05, 4.69) is 0 Å². The second kappa shape index (κ2) is 4.69. The molecule has 0 aromatic rings. The fraction of sp³-hybridized carbons (Fsp3) is 0.857. The Bertz CT molecular complexity index is 378. The minimum absolute atomic E-state index is 0.0502. The third-order valence-electron chi connectivity index (χ3n) is 4.84. The third-order valence-corrected chi connectivity index (χ3v) is 4.84. The van der Waals surface area contributed by atoms with Crippen molar-refractivity contribution in [1.82, 2.24) is 14.7 Å². The Balaban J connectivity index is 1.49. The molecule has 5 heteroatoms. The molecule has 2 atom stereocenters. The first-order valence-corrected chi connectivity index (χ1v) is 7.31. The van der Waals surface area contributed by atoms with E-state index in [1.807, 2.05) is 9.80 Å². The summed E-state index contributed by atoms with van der Waals surface area (Å²) in [5.41, 5.74) is 0. The normalized spacial score (nSPS) is 33.1. The second-order valence-electron chi connectivity index (χ2n) is 6.41. The molecule has 19 heavy (non-hydrogen) atoms. The molecule has 0 aromatic carbocycles. The molecule has 1 heterocycles. The smallest absolute Gasteiger partial charge is 0.319 e. The molecule has 3 amide bonds. The number of carbonyl (C=O) groups excluding carboxylic acids is 2. The molecule has 5 nitrogen and oxygen atoms in total. The zero-order chi connectivity index (χ0) is 13.6. The Morgan fingerprint density at radius 2 is 1.42 bits per heavy atom. The molecule has 1 saturated heterocycles. The van der Waals surface area contributed by atoms with Gasteiger partial charge in [0.05, 0.1) is 0 Å². The van der Waals surface area contributed by atoms with Gasteiger partial charge in [0.2, 0.25) is 5.91 Å². The molecule has 0 aromatic heterocycles. The number of nitrogens with zero attached hydrogens (tertiary/aromatic N) is 3. The van der Waals surface area contributed by atoms with Gasteiger partial charge in [-0.1, -0.05) is 0 Å². The lowest BCUT2D eigenvalue weighted by Gasteiger charge is -2.37. The number of fused-ring (bicyclic) bond motifs is 1. The Morgan fingerprint density at radius 1 is 0.895 bits per heavy atom. The number of hydrogen-bond acceptors (Lipinski definition) is 2. The highest BCUT2D eigenvalue weighted by atomic mass is 16.2. The van der Waals surface area contributed by atoms with Crippen LogP contribution in [0.1, 0.15) is 19.3 Å². The maximum atomic E-state index is 12.4. The highest BCUT2D eigenvalue weighted by molar-refractivity contribution is 5.80. The van der Waals surface area contributed by atoms with Gasteiger partial charge < -0.3 is 14.7 Å². The number of amides is 3. The molecule has 2 aliphatic carbocycles. The molecule has 3 rings (SSSR count). The lowest BCUT2D eigenvalue weighted by atomic mass is 10.0. The standard InChI is InChI=1S/C14H23N3O2/c1-15(2)14(19)17-5-3-16(4-6-17)13(18)12-8-10-7-11(10)9-12/h10-12H,3-9H2,1-2H3. The van der Waals surface area contributed by atoms with Gasteiger partial charge in [-0.05, 0) is 31.1 Å². The van der Waals surface area contributed by atoms with Crippen molar-refractivity contribution in [2.75, 3.05) is 40.3 Å². The molecule has 2 unspecified atom stereocenters. The predicted molar refractivity (Wildman–Crippen MR) is 71.6 cm³/mol. The van der Waals surface area contributed by atoms with E-state index in [1.165, 1.54) is 6.42 Å². The molecular formula is C14H23N3O2. The highest BCUT2D eigenvalue weighted by Gasteiger charge is 2.48. The number of urea groups is 1. The van der Waals surface area contributed by atoms with E-state index in [0.717, 1.165) is 24.7 Å². The van der Waals surface area contributed by atoms with E-state index in [4.69, 9.17) is 0 Å². The van der Waals surface area contributed by atoms with Crippen molar-refractivity contribution in [2.45, 2.75) is 19.3 Å². The number of piperazine rings is 1. The minimum atomic E-state index is 0.0502. The zero-order valence-corrected chi connectivity index (χ0v) is 11.8. The molecule has 3 aliphatic rings. The van der Waals surface area contributed by atoms with Crippen LogP contribution >= 0.6 is 0 Å². The fourth-order valence-corrected chi connectivity index (χ4v) is 3.58. The summed E-state index contributed by atoms with van der Waals surface area (Å²) in [6.45, 7) is 2.74. The van der Waals surface area contributed by atoms with E-state index < -0.39 is 0 Å². The summed E-state index contributed by atoms with van der Waals surface area (Å²) in [5, 5.41) is 0. The van der Waals surface area contributed by atoms with Crippen molar-refractivity contribution in [1.29, 1.82) is 0 Å². The molecular weight excluding hydrogens is 242 g/mol. The van der Waals surface area contributed by atoms with Crippen LogP contribution in [-0.2, 0) is 4.79 Å². The van der Waals surface area contributed by atoms with Gasteiger partial charge in [-0.15, -0.1) is 0 Å². The lowest BCUT2D eigenvalue weighted by Crippen LogP contribution is -2.53. The number of hydrogen-bond donors (Lipinski definition) is 0. The van der Waals surface area contributed by atoms with Gasteiger partial charge in [0.15, 0.2) is 0 Å². The van der Waals surface area contributed by atoms with Crippen LogP contribution < -0.4 is 0 Å². The van der Waals surface area contributed by atoms with Crippen LogP contribution in [0.4, 0.5) is 4.79 Å². The molecule has 1 aliphatic heterocycles. The summed E-state index contributed by atoms with van der Waals surface area (Å²) in [6.07, 6.45) is 3.58. The van der Waals surface area contributed by atoms with E-state index in [1.54, 1.807) is 19.0 Å². The molecule has 106 valence electrons. The summed E-state index contributed by atoms with van der Waals surface area (Å²) >= 11 is 0. The maximum Gasteiger partial charge on any atom is 0.319 e. The van der Waals surface area contributed by atoms with E-state index >= 15 is 0 Å². The lowest BCUT2D eigenvalue weighted by molar-refractivity contribution is -0.137. The van der Waals surface area contributed by atoms with Gasteiger partial charge in [-0.25, -0.2) is 4.79 Å². The van der Waals surface area contributed by atoms with Crippen LogP contribution in [0.5, 0.6) is 0 Å². The van der Waals surface area contributed by atoms with Crippen LogP contribution in [0.25, 0.3) is 0 Å². The van der Waals surface area contributed by atoms with E-state index in [9.17, 15) is 9.59 Å². The van der Waals surface area contributed by atoms with Crippen LogP contribution in [0, 0.1) is 17.8 Å². The zero-order valence-electron chi connectivity index (χ0n) is 11.8. The quantitative estimate of drug-likeness (QED) is 0.706. The Morgan fingerprint density at radius 3 is 1.95 bits per heavy atom. The van der Waals surface area contributed by atoms with Crippen LogP contribution in [0.3, 0.4) is 0 Å². The van der Waals surface area contributed by atoms with E-state index in [-0.39, 0.29) is 11.9 Å². The molecule has 0 spiro atoms. The fourth-order valence-electron chi connectivity index (χ4n) is 3.58. The van der Waals surface area contributed by atoms with Crippen molar-refractivity contribution < 1.29 is 9.59 Å². The molecule has 0 N–H and O–H groups in total. The molecule has 0 radical (unpaired) electrons. The monoisotopic (exact) mass is 265 g/mol. The van der Waals surface area contributed by atoms with Gasteiger partial charge in [-0.2, -0.15) is 0 Å². The average molecular weight is 265 g/mol. The van der Waals surface area contributed by atoms with Crippen LogP contribution in [0.15, 0.2) is 0 Å². The Hall–Kier alpha value is -1.26. The second-order valence-corrected chi connectivity index (χ2v) is 6.41. The summed E-state index contributed by atoms with van der Waals surface area (Å²) < 4.78 is 0. The van der Waals surface area contributed by atoms with Crippen molar-refractivity contribution in [2.24, 2.45) is 17.8 Å². The topological polar surface area (TPSA) is 43.9 Å². The van der Waals surface area contributed by atoms with E-state index in [0.29, 0.717) is 32.1 Å². The summed E-state index contributed by atoms with van der Waals surface area (Å²) in [5.74, 6) is 2.32. The number of rotatable bonds is 1. The van der Waals surface area contributed by atoms with Gasteiger partial charge >= 0.3 is 6.03 Å². The first-order valence-electron chi connectivity index (χ1n) is 7.31. The van der Waals surface area contributed by atoms with Crippen molar-refractivity contribution in [3.63, 3.8) is 0 Å². The summed E-state index contributed by atoms with van der Waals surface area (Å²) in [6, 6.07) is 0.0502. The first kappa shape index (κ1) is 12.8. The van der Waals surface area contributed by atoms with Crippen LogP contribution in [0.2, 0.25) is 0 Å². The molecule has 3 fully saturated rings. The van der Waals surface area contributed by atoms with Gasteiger partial charge in [-0.3, -0.25) is 4.79 Å².